The Morgan fingerprint density at radius 1 is 0.920 bits per heavy atom. The van der Waals surface area contributed by atoms with E-state index in [1.54, 1.807) is 12.1 Å². The lowest BCUT2D eigenvalue weighted by Crippen LogP contribution is -2.07. The standard InChI is InChI=1S/C21H19NO3/c1-2-24-18-13-11-17(12-14-18)19-9-6-10-20(22-19)21(23)25-15-16-7-4-3-5-8-16/h3-14H,2,15H2,1H3. The third-order valence-corrected chi connectivity index (χ3v) is 3.63. The van der Waals surface area contributed by atoms with Gasteiger partial charge in [0.1, 0.15) is 18.1 Å². The van der Waals surface area contributed by atoms with Gasteiger partial charge in [-0.05, 0) is 48.9 Å². The largest absolute Gasteiger partial charge is 0.494 e. The predicted molar refractivity (Wildman–Crippen MR) is 96.4 cm³/mol. The number of nitrogens with zero attached hydrogens (tertiary/aromatic N) is 1. The van der Waals surface area contributed by atoms with Crippen LogP contribution >= 0.6 is 0 Å². The number of ether oxygens (including phenoxy) is 2. The van der Waals surface area contributed by atoms with Crippen molar-refractivity contribution in [2.45, 2.75) is 13.5 Å². The maximum atomic E-state index is 12.2. The fourth-order valence-electron chi connectivity index (χ4n) is 2.39. The highest BCUT2D eigenvalue weighted by Crippen LogP contribution is 2.21. The van der Waals surface area contributed by atoms with Gasteiger partial charge in [0.15, 0.2) is 0 Å². The number of aromatic nitrogens is 1. The van der Waals surface area contributed by atoms with Crippen molar-refractivity contribution < 1.29 is 14.3 Å². The lowest BCUT2D eigenvalue weighted by Gasteiger charge is -2.07. The SMILES string of the molecule is CCOc1ccc(-c2cccc(C(=O)OCc3ccccc3)n2)cc1. The lowest BCUT2D eigenvalue weighted by molar-refractivity contribution is 0.0466. The predicted octanol–water partition coefficient (Wildman–Crippen LogP) is 4.50. The van der Waals surface area contributed by atoms with Gasteiger partial charge in [-0.2, -0.15) is 0 Å². The van der Waals surface area contributed by atoms with Gasteiger partial charge in [0.25, 0.3) is 0 Å². The molecule has 4 heteroatoms. The Morgan fingerprint density at radius 3 is 2.40 bits per heavy atom. The van der Waals surface area contributed by atoms with Crippen LogP contribution in [0, 0.1) is 0 Å². The average molecular weight is 333 g/mol. The van der Waals surface area contributed by atoms with Crippen molar-refractivity contribution in [3.63, 3.8) is 0 Å². The van der Waals surface area contributed by atoms with Crippen LogP contribution < -0.4 is 4.74 Å². The Labute approximate surface area is 147 Å². The van der Waals surface area contributed by atoms with Crippen LogP contribution in [0.5, 0.6) is 5.75 Å². The first kappa shape index (κ1) is 16.7. The maximum Gasteiger partial charge on any atom is 0.357 e. The number of rotatable bonds is 6. The van der Waals surface area contributed by atoms with Gasteiger partial charge in [0.05, 0.1) is 12.3 Å². The van der Waals surface area contributed by atoms with Gasteiger partial charge in [0, 0.05) is 5.56 Å². The highest BCUT2D eigenvalue weighted by molar-refractivity contribution is 5.88. The Kier molecular flexibility index (Phi) is 5.42. The second-order valence-corrected chi connectivity index (χ2v) is 5.43. The van der Waals surface area contributed by atoms with E-state index in [1.807, 2.05) is 67.6 Å². The molecule has 126 valence electrons. The quantitative estimate of drug-likeness (QED) is 0.623. The molecule has 0 atom stereocenters. The monoisotopic (exact) mass is 333 g/mol. The molecule has 0 radical (unpaired) electrons. The van der Waals surface area contributed by atoms with E-state index in [0.717, 1.165) is 22.6 Å². The fraction of sp³-hybridized carbons (Fsp3) is 0.143. The molecule has 0 unspecified atom stereocenters. The summed E-state index contributed by atoms with van der Waals surface area (Å²) < 4.78 is 10.8. The number of hydrogen-bond acceptors (Lipinski definition) is 4. The molecular weight excluding hydrogens is 314 g/mol. The summed E-state index contributed by atoms with van der Waals surface area (Å²) in [6.45, 7) is 2.80. The van der Waals surface area contributed by atoms with E-state index in [-0.39, 0.29) is 6.61 Å². The lowest BCUT2D eigenvalue weighted by atomic mass is 10.1. The second kappa shape index (κ2) is 8.11. The maximum absolute atomic E-state index is 12.2. The molecule has 0 aliphatic carbocycles. The van der Waals surface area contributed by atoms with Gasteiger partial charge in [-0.3, -0.25) is 0 Å². The van der Waals surface area contributed by atoms with Crippen LogP contribution in [0.15, 0.2) is 72.8 Å². The Morgan fingerprint density at radius 2 is 1.68 bits per heavy atom. The van der Waals surface area contributed by atoms with Gasteiger partial charge < -0.3 is 9.47 Å². The second-order valence-electron chi connectivity index (χ2n) is 5.43. The van der Waals surface area contributed by atoms with E-state index in [0.29, 0.717) is 12.3 Å². The van der Waals surface area contributed by atoms with E-state index >= 15 is 0 Å². The van der Waals surface area contributed by atoms with Gasteiger partial charge in [-0.25, -0.2) is 9.78 Å². The molecule has 25 heavy (non-hydrogen) atoms. The summed E-state index contributed by atoms with van der Waals surface area (Å²) in [6, 6.07) is 22.5. The molecule has 0 aliphatic rings. The molecule has 0 N–H and O–H groups in total. The zero-order chi connectivity index (χ0) is 17.5. The fourth-order valence-corrected chi connectivity index (χ4v) is 2.39. The molecule has 0 fully saturated rings. The van der Waals surface area contributed by atoms with E-state index in [9.17, 15) is 4.79 Å². The number of benzene rings is 2. The third kappa shape index (κ3) is 4.44. The van der Waals surface area contributed by atoms with Gasteiger partial charge >= 0.3 is 5.97 Å². The molecule has 0 saturated carbocycles. The molecule has 2 aromatic carbocycles. The van der Waals surface area contributed by atoms with Crippen molar-refractivity contribution in [2.75, 3.05) is 6.61 Å². The van der Waals surface area contributed by atoms with Crippen LogP contribution in [0.4, 0.5) is 0 Å². The molecule has 1 aromatic heterocycles. The molecule has 0 aliphatic heterocycles. The van der Waals surface area contributed by atoms with Crippen molar-refractivity contribution >= 4 is 5.97 Å². The van der Waals surface area contributed by atoms with E-state index < -0.39 is 5.97 Å². The van der Waals surface area contributed by atoms with E-state index in [1.165, 1.54) is 0 Å². The van der Waals surface area contributed by atoms with Crippen molar-refractivity contribution in [2.24, 2.45) is 0 Å². The smallest absolute Gasteiger partial charge is 0.357 e. The molecule has 4 nitrogen and oxygen atoms in total. The van der Waals surface area contributed by atoms with Crippen molar-refractivity contribution in [3.05, 3.63) is 84.1 Å². The number of hydrogen-bond donors (Lipinski definition) is 0. The molecular formula is C21H19NO3. The Hall–Kier alpha value is -3.14. The van der Waals surface area contributed by atoms with Gasteiger partial charge in [-0.15, -0.1) is 0 Å². The molecule has 3 aromatic rings. The minimum absolute atomic E-state index is 0.231. The highest BCUT2D eigenvalue weighted by atomic mass is 16.5. The minimum atomic E-state index is -0.434. The summed E-state index contributed by atoms with van der Waals surface area (Å²) in [6.07, 6.45) is 0. The first-order chi connectivity index (χ1) is 12.3. The molecule has 3 rings (SSSR count). The van der Waals surface area contributed by atoms with Crippen molar-refractivity contribution in [1.82, 2.24) is 4.98 Å². The van der Waals surface area contributed by atoms with Crippen LogP contribution in [0.25, 0.3) is 11.3 Å². The third-order valence-electron chi connectivity index (χ3n) is 3.63. The Balaban J connectivity index is 1.71. The summed E-state index contributed by atoms with van der Waals surface area (Å²) >= 11 is 0. The van der Waals surface area contributed by atoms with E-state index in [4.69, 9.17) is 9.47 Å². The molecule has 0 saturated heterocycles. The first-order valence-corrected chi connectivity index (χ1v) is 8.17. The summed E-state index contributed by atoms with van der Waals surface area (Å²) in [5, 5.41) is 0. The van der Waals surface area contributed by atoms with Crippen LogP contribution in [0.3, 0.4) is 0 Å². The summed E-state index contributed by atoms with van der Waals surface area (Å²) in [5.41, 5.74) is 2.87. The Bertz CT molecular complexity index is 829. The normalized spacial score (nSPS) is 10.3. The van der Waals surface area contributed by atoms with Crippen LogP contribution in [0.2, 0.25) is 0 Å². The van der Waals surface area contributed by atoms with Crippen molar-refractivity contribution in [3.8, 4) is 17.0 Å². The number of carbonyl (C=O) groups excluding carboxylic acids is 1. The van der Waals surface area contributed by atoms with Crippen LogP contribution in [-0.2, 0) is 11.3 Å². The molecule has 0 spiro atoms. The number of pyridine rings is 1. The van der Waals surface area contributed by atoms with Gasteiger partial charge in [-0.1, -0.05) is 36.4 Å². The van der Waals surface area contributed by atoms with Gasteiger partial charge in [0.2, 0.25) is 0 Å². The average Bonchev–Trinajstić information content (AvgIpc) is 2.68. The summed E-state index contributed by atoms with van der Waals surface area (Å²) in [7, 11) is 0. The summed E-state index contributed by atoms with van der Waals surface area (Å²) in [4.78, 5) is 16.7. The van der Waals surface area contributed by atoms with Crippen molar-refractivity contribution in [1.29, 1.82) is 0 Å². The zero-order valence-corrected chi connectivity index (χ0v) is 14.0. The number of esters is 1. The molecule has 0 bridgehead atoms. The minimum Gasteiger partial charge on any atom is -0.494 e. The molecule has 0 amide bonds. The van der Waals surface area contributed by atoms with Crippen LogP contribution in [-0.4, -0.2) is 17.6 Å². The zero-order valence-electron chi connectivity index (χ0n) is 14.0. The summed E-state index contributed by atoms with van der Waals surface area (Å²) in [5.74, 6) is 0.376. The number of carbonyl (C=O) groups is 1. The topological polar surface area (TPSA) is 48.4 Å². The van der Waals surface area contributed by atoms with E-state index in [2.05, 4.69) is 4.98 Å². The first-order valence-electron chi connectivity index (χ1n) is 8.17. The van der Waals surface area contributed by atoms with Crippen LogP contribution in [0.1, 0.15) is 23.0 Å². The molecule has 1 heterocycles. The highest BCUT2D eigenvalue weighted by Gasteiger charge is 2.11.